The van der Waals surface area contributed by atoms with Gasteiger partial charge in [0, 0.05) is 43.3 Å². The van der Waals surface area contributed by atoms with Crippen LogP contribution < -0.4 is 0 Å². The molecule has 1 fully saturated rings. The second-order valence-corrected chi connectivity index (χ2v) is 7.43. The van der Waals surface area contributed by atoms with Gasteiger partial charge in [-0.05, 0) is 31.5 Å². The second kappa shape index (κ2) is 7.47. The van der Waals surface area contributed by atoms with Gasteiger partial charge >= 0.3 is 0 Å². The summed E-state index contributed by atoms with van der Waals surface area (Å²) in [7, 11) is 0. The zero-order chi connectivity index (χ0) is 17.1. The van der Waals surface area contributed by atoms with E-state index in [0.717, 1.165) is 30.2 Å². The molecule has 0 spiro atoms. The molecule has 0 bridgehead atoms. The quantitative estimate of drug-likeness (QED) is 0.843. The minimum absolute atomic E-state index is 0.0837. The summed E-state index contributed by atoms with van der Waals surface area (Å²) in [6.07, 6.45) is 3.84. The second-order valence-electron chi connectivity index (χ2n) is 6.51. The largest absolute Gasteiger partial charge is 0.508 e. The molecule has 3 atom stereocenters. The molecule has 1 aromatic heterocycles. The van der Waals surface area contributed by atoms with Gasteiger partial charge in [0.15, 0.2) is 0 Å². The van der Waals surface area contributed by atoms with Crippen molar-refractivity contribution < 1.29 is 5.11 Å². The van der Waals surface area contributed by atoms with E-state index in [1.54, 1.807) is 17.4 Å². The minimum Gasteiger partial charge on any atom is -0.508 e. The Morgan fingerprint density at radius 2 is 2.21 bits per heavy atom. The zero-order valence-electron chi connectivity index (χ0n) is 14.3. The molecular weight excluding hydrogens is 318 g/mol. The number of hydrogen-bond donors (Lipinski definition) is 1. The van der Waals surface area contributed by atoms with E-state index in [0.29, 0.717) is 17.8 Å². The molecular formula is C19H25N3OS. The number of thiazole rings is 1. The monoisotopic (exact) mass is 343 g/mol. The molecule has 2 aromatic rings. The molecule has 0 unspecified atom stereocenters. The van der Waals surface area contributed by atoms with Crippen LogP contribution in [0.1, 0.15) is 30.5 Å². The molecule has 24 heavy (non-hydrogen) atoms. The molecule has 0 saturated carbocycles. The SMILES string of the molecule is C=CCN1C[C@H](C)N([C@@H](c2cccc(O)c2)c2nccs2)C[C@H]1C. The predicted octanol–water partition coefficient (Wildman–Crippen LogP) is 3.52. The van der Waals surface area contributed by atoms with Crippen molar-refractivity contribution in [1.82, 2.24) is 14.8 Å². The summed E-state index contributed by atoms with van der Waals surface area (Å²) in [6.45, 7) is 11.3. The van der Waals surface area contributed by atoms with E-state index >= 15 is 0 Å². The molecule has 5 heteroatoms. The van der Waals surface area contributed by atoms with Gasteiger partial charge in [0.25, 0.3) is 0 Å². The van der Waals surface area contributed by atoms with Crippen LogP contribution in [0.3, 0.4) is 0 Å². The Kier molecular flexibility index (Phi) is 5.33. The van der Waals surface area contributed by atoms with Crippen LogP contribution in [-0.2, 0) is 0 Å². The van der Waals surface area contributed by atoms with Gasteiger partial charge in [0.2, 0.25) is 0 Å². The summed E-state index contributed by atoms with van der Waals surface area (Å²) in [5.41, 5.74) is 1.10. The number of piperazine rings is 1. The molecule has 3 rings (SSSR count). The van der Waals surface area contributed by atoms with Crippen LogP contribution in [0.25, 0.3) is 0 Å². The van der Waals surface area contributed by atoms with Crippen LogP contribution >= 0.6 is 11.3 Å². The molecule has 128 valence electrons. The highest BCUT2D eigenvalue weighted by atomic mass is 32.1. The molecule has 4 nitrogen and oxygen atoms in total. The van der Waals surface area contributed by atoms with Crippen molar-refractivity contribution in [1.29, 1.82) is 0 Å². The maximum atomic E-state index is 9.93. The van der Waals surface area contributed by atoms with Crippen molar-refractivity contribution in [2.24, 2.45) is 0 Å². The Labute approximate surface area is 148 Å². The maximum Gasteiger partial charge on any atom is 0.115 e. The third-order valence-corrected chi connectivity index (χ3v) is 5.56. The van der Waals surface area contributed by atoms with Crippen molar-refractivity contribution in [2.75, 3.05) is 19.6 Å². The number of benzene rings is 1. The van der Waals surface area contributed by atoms with Gasteiger partial charge in [-0.1, -0.05) is 18.2 Å². The summed E-state index contributed by atoms with van der Waals surface area (Å²) in [4.78, 5) is 9.56. The van der Waals surface area contributed by atoms with Gasteiger partial charge in [-0.3, -0.25) is 9.80 Å². The smallest absolute Gasteiger partial charge is 0.115 e. The normalized spacial score (nSPS) is 23.9. The molecule has 0 aliphatic carbocycles. The number of hydrogen-bond acceptors (Lipinski definition) is 5. The van der Waals surface area contributed by atoms with E-state index in [1.165, 1.54) is 0 Å². The van der Waals surface area contributed by atoms with Crippen molar-refractivity contribution in [3.05, 3.63) is 59.1 Å². The molecule has 1 aliphatic heterocycles. The first-order valence-corrected chi connectivity index (χ1v) is 9.27. The molecule has 0 radical (unpaired) electrons. The maximum absolute atomic E-state index is 9.93. The average molecular weight is 343 g/mol. The Hall–Kier alpha value is -1.69. The van der Waals surface area contributed by atoms with Gasteiger partial charge in [-0.15, -0.1) is 17.9 Å². The number of aromatic hydroxyl groups is 1. The Balaban J connectivity index is 1.93. The number of phenolic OH excluding ortho intramolecular Hbond substituents is 1. The number of rotatable bonds is 5. The predicted molar refractivity (Wildman–Crippen MR) is 99.5 cm³/mol. The van der Waals surface area contributed by atoms with Crippen LogP contribution in [0, 0.1) is 0 Å². The minimum atomic E-state index is 0.0837. The fourth-order valence-electron chi connectivity index (χ4n) is 3.55. The molecule has 1 aromatic carbocycles. The van der Waals surface area contributed by atoms with Gasteiger partial charge in [0.05, 0.1) is 6.04 Å². The van der Waals surface area contributed by atoms with Crippen molar-refractivity contribution in [2.45, 2.75) is 32.0 Å². The summed E-state index contributed by atoms with van der Waals surface area (Å²) in [6, 6.07) is 8.51. The van der Waals surface area contributed by atoms with Crippen molar-refractivity contribution in [3.8, 4) is 5.75 Å². The summed E-state index contributed by atoms with van der Waals surface area (Å²) < 4.78 is 0. The highest BCUT2D eigenvalue weighted by Gasteiger charge is 2.35. The lowest BCUT2D eigenvalue weighted by molar-refractivity contribution is 0.0306. The Bertz CT molecular complexity index is 673. The lowest BCUT2D eigenvalue weighted by Gasteiger charge is -2.46. The first-order valence-electron chi connectivity index (χ1n) is 8.39. The van der Waals surface area contributed by atoms with E-state index in [9.17, 15) is 5.11 Å². The van der Waals surface area contributed by atoms with Crippen LogP contribution in [-0.4, -0.2) is 51.6 Å². The van der Waals surface area contributed by atoms with E-state index in [2.05, 4.69) is 41.3 Å². The lowest BCUT2D eigenvalue weighted by atomic mass is 9.99. The van der Waals surface area contributed by atoms with E-state index in [4.69, 9.17) is 0 Å². The van der Waals surface area contributed by atoms with Crippen LogP contribution in [0.5, 0.6) is 5.75 Å². The number of nitrogens with zero attached hydrogens (tertiary/aromatic N) is 3. The van der Waals surface area contributed by atoms with Gasteiger partial charge < -0.3 is 5.11 Å². The van der Waals surface area contributed by atoms with E-state index in [1.807, 2.05) is 29.8 Å². The first kappa shape index (κ1) is 17.1. The average Bonchev–Trinajstić information content (AvgIpc) is 3.06. The van der Waals surface area contributed by atoms with Gasteiger partial charge in [0.1, 0.15) is 10.8 Å². The first-order chi connectivity index (χ1) is 11.6. The number of aromatic nitrogens is 1. The van der Waals surface area contributed by atoms with Gasteiger partial charge in [-0.2, -0.15) is 0 Å². The third-order valence-electron chi connectivity index (χ3n) is 4.73. The summed E-state index contributed by atoms with van der Waals surface area (Å²) in [5.74, 6) is 0.306. The Morgan fingerprint density at radius 1 is 1.38 bits per heavy atom. The molecule has 1 N–H and O–H groups in total. The van der Waals surface area contributed by atoms with Gasteiger partial charge in [-0.25, -0.2) is 4.98 Å². The summed E-state index contributed by atoms with van der Waals surface area (Å²) in [5, 5.41) is 13.0. The highest BCUT2D eigenvalue weighted by molar-refractivity contribution is 7.09. The van der Waals surface area contributed by atoms with E-state index in [-0.39, 0.29) is 6.04 Å². The standard InChI is InChI=1S/C19H25N3OS/c1-4-9-21-12-15(3)22(13-14(21)2)18(19-20-8-10-24-19)16-6-5-7-17(23)11-16/h4-8,10-11,14-15,18,23H,1,9,12-13H2,2-3H3/t14-,15+,18+/m1/s1. The van der Waals surface area contributed by atoms with Crippen LogP contribution in [0.4, 0.5) is 0 Å². The summed E-state index contributed by atoms with van der Waals surface area (Å²) >= 11 is 1.68. The van der Waals surface area contributed by atoms with E-state index < -0.39 is 0 Å². The molecule has 1 saturated heterocycles. The van der Waals surface area contributed by atoms with Crippen molar-refractivity contribution in [3.63, 3.8) is 0 Å². The number of phenols is 1. The van der Waals surface area contributed by atoms with Crippen molar-refractivity contribution >= 4 is 11.3 Å². The van der Waals surface area contributed by atoms with Crippen LogP contribution in [0.15, 0.2) is 48.5 Å². The van der Waals surface area contributed by atoms with Crippen LogP contribution in [0.2, 0.25) is 0 Å². The lowest BCUT2D eigenvalue weighted by Crippen LogP contribution is -2.57. The Morgan fingerprint density at radius 3 is 2.88 bits per heavy atom. The molecule has 0 amide bonds. The molecule has 1 aliphatic rings. The zero-order valence-corrected chi connectivity index (χ0v) is 15.1. The fourth-order valence-corrected chi connectivity index (χ4v) is 4.33. The third kappa shape index (κ3) is 3.53. The highest BCUT2D eigenvalue weighted by Crippen LogP contribution is 2.35. The molecule has 2 heterocycles. The topological polar surface area (TPSA) is 39.6 Å². The fraction of sp³-hybridized carbons (Fsp3) is 0.421.